The molecule has 1 fully saturated rings. The lowest BCUT2D eigenvalue weighted by molar-refractivity contribution is -0.123. The average molecular weight is 359 g/mol. The fraction of sp³-hybridized carbons (Fsp3) is 0.474. The number of hydrogen-bond donors (Lipinski definition) is 1. The van der Waals surface area contributed by atoms with E-state index in [9.17, 15) is 9.59 Å². The number of rotatable bonds is 5. The van der Waals surface area contributed by atoms with Gasteiger partial charge in [0.2, 0.25) is 5.91 Å². The SMILES string of the molecule is CCC(C)NC(=O)CN1CCN(C(=O)c2cc3ccccc3s2)CC1. The van der Waals surface area contributed by atoms with Crippen molar-refractivity contribution in [2.45, 2.75) is 26.3 Å². The van der Waals surface area contributed by atoms with Crippen LogP contribution in [0.25, 0.3) is 10.1 Å². The molecule has 5 nitrogen and oxygen atoms in total. The number of nitrogens with zero attached hydrogens (tertiary/aromatic N) is 2. The minimum Gasteiger partial charge on any atom is -0.353 e. The van der Waals surface area contributed by atoms with Crippen molar-refractivity contribution < 1.29 is 9.59 Å². The Morgan fingerprint density at radius 3 is 2.60 bits per heavy atom. The first-order chi connectivity index (χ1) is 12.1. The molecule has 1 aromatic carbocycles. The lowest BCUT2D eigenvalue weighted by atomic mass is 10.2. The summed E-state index contributed by atoms with van der Waals surface area (Å²) in [7, 11) is 0. The molecule has 1 saturated heterocycles. The summed E-state index contributed by atoms with van der Waals surface area (Å²) in [6, 6.07) is 10.3. The van der Waals surface area contributed by atoms with Gasteiger partial charge in [0, 0.05) is 36.9 Å². The van der Waals surface area contributed by atoms with Crippen LogP contribution in [0.2, 0.25) is 0 Å². The number of benzene rings is 1. The van der Waals surface area contributed by atoms with Crippen molar-refractivity contribution in [2.75, 3.05) is 32.7 Å². The van der Waals surface area contributed by atoms with Crippen molar-refractivity contribution in [3.8, 4) is 0 Å². The summed E-state index contributed by atoms with van der Waals surface area (Å²) in [5.41, 5.74) is 0. The molecule has 6 heteroatoms. The number of amides is 2. The number of carbonyl (C=O) groups is 2. The molecule has 0 spiro atoms. The predicted molar refractivity (Wildman–Crippen MR) is 102 cm³/mol. The highest BCUT2D eigenvalue weighted by atomic mass is 32.1. The van der Waals surface area contributed by atoms with E-state index in [-0.39, 0.29) is 17.9 Å². The molecule has 25 heavy (non-hydrogen) atoms. The first-order valence-electron chi connectivity index (χ1n) is 8.86. The van der Waals surface area contributed by atoms with Crippen LogP contribution < -0.4 is 5.32 Å². The summed E-state index contributed by atoms with van der Waals surface area (Å²) in [6.07, 6.45) is 0.934. The van der Waals surface area contributed by atoms with Crippen LogP contribution >= 0.6 is 11.3 Å². The van der Waals surface area contributed by atoms with Gasteiger partial charge in [-0.25, -0.2) is 0 Å². The minimum absolute atomic E-state index is 0.0682. The van der Waals surface area contributed by atoms with Crippen molar-refractivity contribution in [3.05, 3.63) is 35.2 Å². The van der Waals surface area contributed by atoms with Gasteiger partial charge >= 0.3 is 0 Å². The maximum Gasteiger partial charge on any atom is 0.264 e. The van der Waals surface area contributed by atoms with E-state index in [1.807, 2.05) is 42.2 Å². The van der Waals surface area contributed by atoms with Crippen LogP contribution in [0.5, 0.6) is 0 Å². The van der Waals surface area contributed by atoms with Gasteiger partial charge in [-0.15, -0.1) is 11.3 Å². The second-order valence-corrected chi connectivity index (χ2v) is 7.68. The second-order valence-electron chi connectivity index (χ2n) is 6.59. The van der Waals surface area contributed by atoms with Crippen LogP contribution in [-0.4, -0.2) is 60.4 Å². The van der Waals surface area contributed by atoms with Crippen LogP contribution in [0.1, 0.15) is 29.9 Å². The van der Waals surface area contributed by atoms with E-state index in [4.69, 9.17) is 0 Å². The zero-order valence-corrected chi connectivity index (χ0v) is 15.6. The third-order valence-electron chi connectivity index (χ3n) is 4.68. The van der Waals surface area contributed by atoms with Gasteiger partial charge < -0.3 is 10.2 Å². The maximum atomic E-state index is 12.7. The van der Waals surface area contributed by atoms with Gasteiger partial charge in [-0.2, -0.15) is 0 Å². The highest BCUT2D eigenvalue weighted by Crippen LogP contribution is 2.26. The standard InChI is InChI=1S/C19H25N3O2S/c1-3-14(2)20-18(23)13-21-8-10-22(11-9-21)19(24)17-12-15-6-4-5-7-16(15)25-17/h4-7,12,14H,3,8-11,13H2,1-2H3,(H,20,23). The topological polar surface area (TPSA) is 52.7 Å². The lowest BCUT2D eigenvalue weighted by Crippen LogP contribution is -2.51. The number of thiophene rings is 1. The average Bonchev–Trinajstić information content (AvgIpc) is 3.05. The molecule has 2 amide bonds. The monoisotopic (exact) mass is 359 g/mol. The zero-order chi connectivity index (χ0) is 17.8. The van der Waals surface area contributed by atoms with Crippen molar-refractivity contribution in [2.24, 2.45) is 0 Å². The van der Waals surface area contributed by atoms with Crippen molar-refractivity contribution >= 4 is 33.2 Å². The summed E-state index contributed by atoms with van der Waals surface area (Å²) in [5.74, 6) is 0.170. The van der Waals surface area contributed by atoms with Crippen molar-refractivity contribution in [3.63, 3.8) is 0 Å². The predicted octanol–water partition coefficient (Wildman–Crippen LogP) is 2.57. The van der Waals surface area contributed by atoms with Crippen LogP contribution in [0.4, 0.5) is 0 Å². The molecular weight excluding hydrogens is 334 g/mol. The molecule has 1 aromatic heterocycles. The third-order valence-corrected chi connectivity index (χ3v) is 5.79. The number of piperazine rings is 1. The Hall–Kier alpha value is -1.92. The molecule has 1 aliphatic heterocycles. The summed E-state index contributed by atoms with van der Waals surface area (Å²) < 4.78 is 1.14. The molecule has 0 radical (unpaired) electrons. The molecule has 3 rings (SSSR count). The molecule has 2 heterocycles. The fourth-order valence-corrected chi connectivity index (χ4v) is 4.01. The van der Waals surface area contributed by atoms with E-state index in [1.165, 1.54) is 0 Å². The summed E-state index contributed by atoms with van der Waals surface area (Å²) in [4.78, 5) is 29.5. The molecule has 1 unspecified atom stereocenters. The number of hydrogen-bond acceptors (Lipinski definition) is 4. The van der Waals surface area contributed by atoms with Gasteiger partial charge in [-0.05, 0) is 30.9 Å². The summed E-state index contributed by atoms with van der Waals surface area (Å²) in [6.45, 7) is 7.31. The maximum absolute atomic E-state index is 12.7. The van der Waals surface area contributed by atoms with E-state index in [2.05, 4.69) is 17.1 Å². The van der Waals surface area contributed by atoms with E-state index in [0.717, 1.165) is 34.5 Å². The van der Waals surface area contributed by atoms with Crippen LogP contribution in [0.3, 0.4) is 0 Å². The van der Waals surface area contributed by atoms with Crippen molar-refractivity contribution in [1.82, 2.24) is 15.1 Å². The minimum atomic E-state index is 0.0682. The quantitative estimate of drug-likeness (QED) is 0.893. The zero-order valence-electron chi connectivity index (χ0n) is 14.8. The van der Waals surface area contributed by atoms with Gasteiger partial charge in [0.05, 0.1) is 11.4 Å². The van der Waals surface area contributed by atoms with Gasteiger partial charge in [0.1, 0.15) is 0 Å². The van der Waals surface area contributed by atoms with Crippen molar-refractivity contribution in [1.29, 1.82) is 0 Å². The van der Waals surface area contributed by atoms with Crippen LogP contribution in [0, 0.1) is 0 Å². The third kappa shape index (κ3) is 4.38. The molecule has 1 N–H and O–H groups in total. The molecule has 1 aliphatic rings. The molecule has 1 atom stereocenters. The number of fused-ring (bicyclic) bond motifs is 1. The number of nitrogens with one attached hydrogen (secondary N) is 1. The smallest absolute Gasteiger partial charge is 0.264 e. The van der Waals surface area contributed by atoms with Gasteiger partial charge in [0.15, 0.2) is 0 Å². The van der Waals surface area contributed by atoms with E-state index >= 15 is 0 Å². The molecule has 0 saturated carbocycles. The van der Waals surface area contributed by atoms with E-state index in [0.29, 0.717) is 19.6 Å². The Labute approximate surface area is 152 Å². The second kappa shape index (κ2) is 7.97. The molecule has 0 bridgehead atoms. The lowest BCUT2D eigenvalue weighted by Gasteiger charge is -2.34. The number of carbonyl (C=O) groups excluding carboxylic acids is 2. The Bertz CT molecular complexity index is 717. The Morgan fingerprint density at radius 2 is 1.92 bits per heavy atom. The van der Waals surface area contributed by atoms with Crippen LogP contribution in [-0.2, 0) is 4.79 Å². The van der Waals surface area contributed by atoms with E-state index in [1.54, 1.807) is 11.3 Å². The van der Waals surface area contributed by atoms with Crippen LogP contribution in [0.15, 0.2) is 30.3 Å². The van der Waals surface area contributed by atoms with Gasteiger partial charge in [0.25, 0.3) is 5.91 Å². The Kier molecular flexibility index (Phi) is 5.71. The first kappa shape index (κ1) is 17.9. The highest BCUT2D eigenvalue weighted by Gasteiger charge is 2.24. The van der Waals surface area contributed by atoms with E-state index < -0.39 is 0 Å². The summed E-state index contributed by atoms with van der Waals surface area (Å²) in [5, 5.41) is 4.11. The first-order valence-corrected chi connectivity index (χ1v) is 9.68. The Balaban J connectivity index is 1.53. The highest BCUT2D eigenvalue weighted by molar-refractivity contribution is 7.20. The molecule has 134 valence electrons. The molecule has 0 aliphatic carbocycles. The van der Waals surface area contributed by atoms with Gasteiger partial charge in [-0.1, -0.05) is 25.1 Å². The molecular formula is C19H25N3O2S. The normalized spacial score (nSPS) is 16.8. The summed E-state index contributed by atoms with van der Waals surface area (Å²) >= 11 is 1.55. The van der Waals surface area contributed by atoms with Gasteiger partial charge in [-0.3, -0.25) is 14.5 Å². The largest absolute Gasteiger partial charge is 0.353 e. The molecule has 2 aromatic rings. The Morgan fingerprint density at radius 1 is 1.20 bits per heavy atom. The fourth-order valence-electron chi connectivity index (χ4n) is 2.98.